The van der Waals surface area contributed by atoms with Crippen LogP contribution in [0.4, 0.5) is 35.9 Å². The van der Waals surface area contributed by atoms with E-state index in [2.05, 4.69) is 30.8 Å². The first-order valence-electron chi connectivity index (χ1n) is 45.4. The molecule has 36 heteroatoms. The number of benzene rings is 4. The number of aromatic nitrogens is 5. The Balaban J connectivity index is 0.000000144. The molecule has 4 amide bonds. The predicted octanol–water partition coefficient (Wildman–Crippen LogP) is 14.3. The summed E-state index contributed by atoms with van der Waals surface area (Å²) >= 11 is 1.85. The van der Waals surface area contributed by atoms with Crippen LogP contribution >= 0.6 is 22.7 Å². The summed E-state index contributed by atoms with van der Waals surface area (Å²) in [4.78, 5) is 171. The summed E-state index contributed by atoms with van der Waals surface area (Å²) in [6, 6.07) is 41.0. The van der Waals surface area contributed by atoms with E-state index >= 15 is 0 Å². The standard InChI is InChI=1S/C28H33N3O5.C26H31N3O4S.C23H22F3N3O4S.C22H24N4O5/c1-2-35-28(34)24-25(29-14-16-30(17-15-29)26(32)23-13-8-18-36-23)21-11-6-7-12-22(21)31(27(24)33)19-20-9-4-3-5-10-20;1-5-33-25(32)21-22(27-12-14-28(15-13-27)23(30)20-11-8-16-34-20)18-9-6-7-10-19(18)29(24(21)31)17-26(2,3)4;1-3-33-22(32)18-19(14-6-4-5-7-15(14)27(2)21(18)31)28-10-12-29(13-11-28)20(30)16-8-9-17(34-16)23(24,25)26;1-4-30-22(29)18-19(15-7-5-6-8-17(15)24(3)21(18)28)25-9-11-26(12-10-25)20(27)16-13-14(2)31-23-16/h6-8,11-13,18,20H,2-5,9-10,14-17,19H2,1H3;6-11,16H,5,12-15,17H2,1-4H3;4-9H,3,10-13H2,1-2H3;5-8,13H,4,9-12H2,1-3H3. The lowest BCUT2D eigenvalue weighted by Crippen LogP contribution is -2.49. The highest BCUT2D eigenvalue weighted by molar-refractivity contribution is 7.14. The Labute approximate surface area is 784 Å². The second kappa shape index (κ2) is 42.7. The lowest BCUT2D eigenvalue weighted by atomic mass is 9.89. The molecule has 0 N–H and O–H groups in total. The number of pyridine rings is 4. The highest BCUT2D eigenvalue weighted by Crippen LogP contribution is 2.40. The lowest BCUT2D eigenvalue weighted by Gasteiger charge is -2.37. The zero-order valence-corrected chi connectivity index (χ0v) is 78.8. The number of para-hydroxylation sites is 4. The Morgan fingerprint density at radius 2 is 0.807 bits per heavy atom. The molecule has 12 aromatic rings. The summed E-state index contributed by atoms with van der Waals surface area (Å²) in [5, 5.41) is 8.89. The number of furan rings is 1. The number of fused-ring (bicyclic) bond motifs is 4. The van der Waals surface area contributed by atoms with Gasteiger partial charge in [-0.15, -0.1) is 22.7 Å². The summed E-state index contributed by atoms with van der Waals surface area (Å²) in [6.45, 7) is 23.3. The van der Waals surface area contributed by atoms with E-state index in [0.717, 1.165) is 56.5 Å². The fraction of sp³-hybridized carbons (Fsp3) is 0.404. The normalized spacial score (nSPS) is 15.1. The smallest absolute Gasteiger partial charge is 0.425 e. The monoisotopic (exact) mass is 1890 g/mol. The number of carbonyl (C=O) groups is 8. The average molecular weight is 1890 g/mol. The number of anilines is 4. The minimum atomic E-state index is -4.49. The molecule has 0 radical (unpaired) electrons. The van der Waals surface area contributed by atoms with Crippen LogP contribution in [0.15, 0.2) is 179 Å². The molecule has 0 bridgehead atoms. The molecule has 5 aliphatic rings. The van der Waals surface area contributed by atoms with Crippen molar-refractivity contribution in [1.29, 1.82) is 0 Å². The van der Waals surface area contributed by atoms with Crippen LogP contribution in [0.25, 0.3) is 43.6 Å². The third-order valence-electron chi connectivity index (χ3n) is 24.5. The summed E-state index contributed by atoms with van der Waals surface area (Å²) in [5.74, 6) is -2.04. The van der Waals surface area contributed by atoms with Crippen LogP contribution in [0.1, 0.15) is 173 Å². The maximum atomic E-state index is 13.9. The minimum absolute atomic E-state index is 0.0192. The zero-order valence-electron chi connectivity index (χ0n) is 77.2. The molecular weight excluding hydrogens is 1780 g/mol. The molecule has 4 aromatic carbocycles. The average Bonchev–Trinajstić information content (AvgIpc) is 1.03. The van der Waals surface area contributed by atoms with Gasteiger partial charge in [-0.25, -0.2) is 19.2 Å². The Kier molecular flexibility index (Phi) is 30.8. The van der Waals surface area contributed by atoms with Gasteiger partial charge in [-0.2, -0.15) is 13.2 Å². The number of aryl methyl sites for hydroxylation is 3. The van der Waals surface area contributed by atoms with Gasteiger partial charge in [0, 0.05) is 160 Å². The van der Waals surface area contributed by atoms with Gasteiger partial charge in [0.05, 0.1) is 87.3 Å². The number of alkyl halides is 3. The van der Waals surface area contributed by atoms with E-state index in [9.17, 15) is 70.7 Å². The van der Waals surface area contributed by atoms with Crippen molar-refractivity contribution in [2.75, 3.05) is 151 Å². The van der Waals surface area contributed by atoms with Crippen molar-refractivity contribution in [3.8, 4) is 0 Å². The van der Waals surface area contributed by atoms with Gasteiger partial charge in [0.2, 0.25) is 0 Å². The number of thiophene rings is 2. The van der Waals surface area contributed by atoms with Crippen molar-refractivity contribution >= 4 is 137 Å². The maximum Gasteiger partial charge on any atom is 0.425 e. The summed E-state index contributed by atoms with van der Waals surface area (Å²) < 4.78 is 76.4. The number of piperazine rings is 4. The molecule has 0 unspecified atom stereocenters. The third kappa shape index (κ3) is 21.3. The van der Waals surface area contributed by atoms with Crippen molar-refractivity contribution < 1.29 is 79.4 Å². The highest BCUT2D eigenvalue weighted by atomic mass is 32.1. The van der Waals surface area contributed by atoms with Crippen molar-refractivity contribution in [2.24, 2.45) is 25.4 Å². The fourth-order valence-corrected chi connectivity index (χ4v) is 19.6. The molecule has 712 valence electrons. The highest BCUT2D eigenvalue weighted by Gasteiger charge is 2.39. The third-order valence-corrected chi connectivity index (χ3v) is 26.5. The number of esters is 4. The number of carbonyl (C=O) groups excluding carboxylic acids is 8. The predicted molar refractivity (Wildman–Crippen MR) is 511 cm³/mol. The van der Waals surface area contributed by atoms with Gasteiger partial charge in [-0.05, 0) is 119 Å². The molecule has 12 heterocycles. The molecule has 5 fully saturated rings. The first-order valence-corrected chi connectivity index (χ1v) is 47.1. The van der Waals surface area contributed by atoms with Gasteiger partial charge < -0.3 is 85.4 Å². The second-order valence-electron chi connectivity index (χ2n) is 34.5. The van der Waals surface area contributed by atoms with Gasteiger partial charge in [-0.3, -0.25) is 38.4 Å². The molecule has 1 saturated carbocycles. The van der Waals surface area contributed by atoms with Crippen LogP contribution in [0.3, 0.4) is 0 Å². The van der Waals surface area contributed by atoms with Crippen molar-refractivity contribution in [3.05, 3.63) is 247 Å². The quantitative estimate of drug-likeness (QED) is 0.0536. The number of hydrogen-bond acceptors (Lipinski definition) is 25. The van der Waals surface area contributed by atoms with E-state index in [4.69, 9.17) is 27.9 Å². The lowest BCUT2D eigenvalue weighted by molar-refractivity contribution is -0.134. The van der Waals surface area contributed by atoms with E-state index in [0.29, 0.717) is 167 Å². The fourth-order valence-electron chi connectivity index (χ4n) is 18.1. The molecule has 0 atom stereocenters. The van der Waals surface area contributed by atoms with Gasteiger partial charge >= 0.3 is 30.1 Å². The molecule has 8 aromatic heterocycles. The first-order chi connectivity index (χ1) is 64.8. The van der Waals surface area contributed by atoms with Crippen molar-refractivity contribution in [3.63, 3.8) is 0 Å². The van der Waals surface area contributed by atoms with E-state index in [1.165, 1.54) is 57.0 Å². The van der Waals surface area contributed by atoms with Crippen LogP contribution in [0, 0.1) is 18.3 Å². The number of hydrogen-bond donors (Lipinski definition) is 0. The van der Waals surface area contributed by atoms with Crippen LogP contribution in [-0.4, -0.2) is 222 Å². The van der Waals surface area contributed by atoms with Gasteiger partial charge in [0.25, 0.3) is 45.9 Å². The van der Waals surface area contributed by atoms with Crippen molar-refractivity contribution in [1.82, 2.24) is 43.0 Å². The number of nitrogens with zero attached hydrogens (tertiary/aromatic N) is 13. The van der Waals surface area contributed by atoms with Gasteiger partial charge in [0.15, 0.2) is 11.5 Å². The molecule has 31 nitrogen and oxygen atoms in total. The number of amides is 4. The topological polar surface area (TPSA) is 327 Å². The van der Waals surface area contributed by atoms with E-state index < -0.39 is 52.0 Å². The molecule has 4 saturated heterocycles. The Morgan fingerprint density at radius 1 is 0.430 bits per heavy atom. The molecule has 0 spiro atoms. The van der Waals surface area contributed by atoms with Crippen LogP contribution in [0.2, 0.25) is 0 Å². The van der Waals surface area contributed by atoms with Gasteiger partial charge in [-0.1, -0.05) is 124 Å². The SMILES string of the molecule is CCOC(=O)c1c(N2CCN(C(=O)c3cc(C)on3)CC2)c2ccccc2n(C)c1=O.CCOC(=O)c1c(N2CCN(C(=O)c3ccc(C(F)(F)F)s3)CC2)c2ccccc2n(C)c1=O.CCOC(=O)c1c(N2CCN(C(=O)c3ccco3)CC2)c2ccccc2n(CC2CCCCC2)c1=O.CCOC(=O)c1c(N2CCN(C(=O)c3cccs3)CC2)c2ccccc2n(CC(C)(C)C)c1=O. The Morgan fingerprint density at radius 3 is 1.18 bits per heavy atom. The maximum absolute atomic E-state index is 13.9. The second-order valence-corrected chi connectivity index (χ2v) is 36.5. The molecule has 135 heavy (non-hydrogen) atoms. The minimum Gasteiger partial charge on any atom is -0.462 e. The number of halogens is 3. The largest absolute Gasteiger partial charge is 0.462 e. The molecular formula is C99H110F3N13O18S2. The number of rotatable bonds is 19. The number of ether oxygens (including phenoxy) is 4. The Bertz CT molecular complexity index is 6630. The summed E-state index contributed by atoms with van der Waals surface area (Å²) in [6.07, 6.45) is 2.80. The van der Waals surface area contributed by atoms with E-state index in [-0.39, 0.29) is 107 Å². The van der Waals surface area contributed by atoms with Crippen LogP contribution < -0.4 is 41.8 Å². The van der Waals surface area contributed by atoms with E-state index in [1.807, 2.05) is 116 Å². The molecule has 1 aliphatic carbocycles. The molecule has 17 rings (SSSR count). The summed E-state index contributed by atoms with van der Waals surface area (Å²) in [5.41, 5.74) is 3.95. The van der Waals surface area contributed by atoms with E-state index in [1.54, 1.807) is 104 Å². The van der Waals surface area contributed by atoms with Gasteiger partial charge in [0.1, 0.15) is 32.9 Å². The zero-order chi connectivity index (χ0) is 96.3. The summed E-state index contributed by atoms with van der Waals surface area (Å²) in [7, 11) is 3.23. The van der Waals surface area contributed by atoms with Crippen molar-refractivity contribution in [2.45, 2.75) is 107 Å². The van der Waals surface area contributed by atoms with Crippen LogP contribution in [-0.2, 0) is 52.3 Å². The van der Waals surface area contributed by atoms with Crippen LogP contribution in [0.5, 0.6) is 0 Å². The molecule has 4 aliphatic heterocycles. The Hall–Kier alpha value is -13.6. The first kappa shape index (κ1) is 97.4.